The number of carbonyl (C=O) groups excluding carboxylic acids is 1. The lowest BCUT2D eigenvalue weighted by atomic mass is 10.3. The van der Waals surface area contributed by atoms with Crippen LogP contribution in [0.15, 0.2) is 12.7 Å². The van der Waals surface area contributed by atoms with E-state index in [2.05, 4.69) is 11.6 Å². The summed E-state index contributed by atoms with van der Waals surface area (Å²) < 4.78 is 37.9. The standard InChI is InChI=1S/C10H9F3N2O3S/c1-3-4-15(5(2)16)9-14-7(10(11,12)13)6(19-9)8(17)18/h3H,1,4H2,2H3,(H,17,18). The molecule has 1 N–H and O–H groups in total. The molecule has 0 saturated heterocycles. The van der Waals surface area contributed by atoms with Crippen LogP contribution < -0.4 is 4.90 Å². The summed E-state index contributed by atoms with van der Waals surface area (Å²) >= 11 is 0.298. The molecule has 0 fully saturated rings. The van der Waals surface area contributed by atoms with Gasteiger partial charge in [0.2, 0.25) is 5.91 Å². The Bertz CT molecular complexity index is 525. The molecule has 5 nitrogen and oxygen atoms in total. The van der Waals surface area contributed by atoms with Gasteiger partial charge in [0.15, 0.2) is 10.8 Å². The molecule has 1 amide bonds. The lowest BCUT2D eigenvalue weighted by Crippen LogP contribution is -2.28. The van der Waals surface area contributed by atoms with Crippen LogP contribution in [0, 0.1) is 0 Å². The van der Waals surface area contributed by atoms with Crippen LogP contribution in [0.4, 0.5) is 18.3 Å². The first-order chi connectivity index (χ1) is 8.68. The molecular formula is C10H9F3N2O3S. The van der Waals surface area contributed by atoms with Gasteiger partial charge < -0.3 is 5.11 Å². The van der Waals surface area contributed by atoms with E-state index in [1.807, 2.05) is 0 Å². The van der Waals surface area contributed by atoms with E-state index in [0.717, 1.165) is 11.8 Å². The summed E-state index contributed by atoms with van der Waals surface area (Å²) in [6.07, 6.45) is -3.59. The summed E-state index contributed by atoms with van der Waals surface area (Å²) in [6.45, 7) is 4.45. The zero-order valence-electron chi connectivity index (χ0n) is 9.69. The minimum absolute atomic E-state index is 0.0563. The van der Waals surface area contributed by atoms with Crippen molar-refractivity contribution in [2.45, 2.75) is 13.1 Å². The van der Waals surface area contributed by atoms with Gasteiger partial charge in [-0.15, -0.1) is 6.58 Å². The molecule has 19 heavy (non-hydrogen) atoms. The number of carboxylic acids is 1. The van der Waals surface area contributed by atoms with Gasteiger partial charge in [0, 0.05) is 13.5 Å². The summed E-state index contributed by atoms with van der Waals surface area (Å²) in [7, 11) is 0. The molecule has 0 aliphatic carbocycles. The van der Waals surface area contributed by atoms with Crippen molar-refractivity contribution in [2.75, 3.05) is 11.4 Å². The monoisotopic (exact) mass is 294 g/mol. The second kappa shape index (κ2) is 5.39. The first kappa shape index (κ1) is 15.2. The number of carboxylic acid groups (broad SMARTS) is 1. The smallest absolute Gasteiger partial charge is 0.435 e. The van der Waals surface area contributed by atoms with Crippen molar-refractivity contribution >= 4 is 28.3 Å². The highest BCUT2D eigenvalue weighted by Crippen LogP contribution is 2.37. The highest BCUT2D eigenvalue weighted by atomic mass is 32.1. The van der Waals surface area contributed by atoms with Crippen molar-refractivity contribution in [3.05, 3.63) is 23.2 Å². The maximum Gasteiger partial charge on any atom is 0.435 e. The van der Waals surface area contributed by atoms with Crippen LogP contribution in [0.5, 0.6) is 0 Å². The third-order valence-corrected chi connectivity index (χ3v) is 3.07. The van der Waals surface area contributed by atoms with E-state index >= 15 is 0 Å². The molecule has 1 aromatic heterocycles. The van der Waals surface area contributed by atoms with Crippen LogP contribution in [0.3, 0.4) is 0 Å². The van der Waals surface area contributed by atoms with E-state index in [0.29, 0.717) is 11.3 Å². The third-order valence-electron chi connectivity index (χ3n) is 2.00. The molecule has 1 heterocycles. The minimum Gasteiger partial charge on any atom is -0.477 e. The van der Waals surface area contributed by atoms with Crippen molar-refractivity contribution in [2.24, 2.45) is 0 Å². The highest BCUT2D eigenvalue weighted by molar-refractivity contribution is 7.17. The van der Waals surface area contributed by atoms with Gasteiger partial charge in [-0.3, -0.25) is 9.69 Å². The number of halogens is 3. The molecule has 1 aromatic rings. The molecule has 1 rings (SSSR count). The van der Waals surface area contributed by atoms with Gasteiger partial charge in [-0.25, -0.2) is 9.78 Å². The highest BCUT2D eigenvalue weighted by Gasteiger charge is 2.40. The van der Waals surface area contributed by atoms with Gasteiger partial charge in [0.1, 0.15) is 4.88 Å². The Morgan fingerprint density at radius 3 is 2.42 bits per heavy atom. The van der Waals surface area contributed by atoms with Crippen molar-refractivity contribution in [1.29, 1.82) is 0 Å². The largest absolute Gasteiger partial charge is 0.477 e. The second-order valence-electron chi connectivity index (χ2n) is 3.40. The number of nitrogens with zero attached hydrogens (tertiary/aromatic N) is 2. The molecule has 0 aromatic carbocycles. The van der Waals surface area contributed by atoms with Crippen LogP contribution in [0.1, 0.15) is 22.3 Å². The molecule has 0 atom stereocenters. The van der Waals surface area contributed by atoms with Crippen molar-refractivity contribution in [3.8, 4) is 0 Å². The van der Waals surface area contributed by atoms with Crippen LogP contribution in [-0.2, 0) is 11.0 Å². The van der Waals surface area contributed by atoms with Gasteiger partial charge in [-0.2, -0.15) is 13.2 Å². The van der Waals surface area contributed by atoms with Crippen molar-refractivity contribution < 1.29 is 27.9 Å². The lowest BCUT2D eigenvalue weighted by Gasteiger charge is -2.14. The Hall–Kier alpha value is -1.90. The quantitative estimate of drug-likeness (QED) is 0.866. The van der Waals surface area contributed by atoms with E-state index in [1.165, 1.54) is 6.08 Å². The van der Waals surface area contributed by atoms with Gasteiger partial charge >= 0.3 is 12.1 Å². The van der Waals surface area contributed by atoms with E-state index in [1.54, 1.807) is 0 Å². The Morgan fingerprint density at radius 1 is 1.53 bits per heavy atom. The Morgan fingerprint density at radius 2 is 2.11 bits per heavy atom. The number of aromatic nitrogens is 1. The summed E-state index contributed by atoms with van der Waals surface area (Å²) in [4.78, 5) is 25.3. The first-order valence-electron chi connectivity index (χ1n) is 4.88. The summed E-state index contributed by atoms with van der Waals surface area (Å²) in [6, 6.07) is 0. The predicted octanol–water partition coefficient (Wildman–Crippen LogP) is 2.40. The van der Waals surface area contributed by atoms with Crippen LogP contribution in [0.2, 0.25) is 0 Å². The van der Waals surface area contributed by atoms with Crippen LogP contribution in [0.25, 0.3) is 0 Å². The van der Waals surface area contributed by atoms with E-state index in [4.69, 9.17) is 5.11 Å². The summed E-state index contributed by atoms with van der Waals surface area (Å²) in [5.41, 5.74) is -1.50. The molecule has 0 aliphatic heterocycles. The minimum atomic E-state index is -4.89. The Kier molecular flexibility index (Phi) is 4.30. The number of aromatic carboxylic acids is 1. The van der Waals surface area contributed by atoms with Gasteiger partial charge in [0.05, 0.1) is 0 Å². The average Bonchev–Trinajstić information content (AvgIpc) is 2.69. The number of hydrogen-bond donors (Lipinski definition) is 1. The summed E-state index contributed by atoms with van der Waals surface area (Å²) in [5, 5.41) is 8.42. The normalized spacial score (nSPS) is 11.2. The zero-order chi connectivity index (χ0) is 14.8. The topological polar surface area (TPSA) is 70.5 Å². The predicted molar refractivity (Wildman–Crippen MR) is 62.3 cm³/mol. The zero-order valence-corrected chi connectivity index (χ0v) is 10.5. The number of carbonyl (C=O) groups is 2. The van der Waals surface area contributed by atoms with E-state index in [9.17, 15) is 22.8 Å². The molecule has 0 spiro atoms. The number of amides is 1. The van der Waals surface area contributed by atoms with Gasteiger partial charge in [-0.05, 0) is 0 Å². The average molecular weight is 294 g/mol. The fourth-order valence-corrected chi connectivity index (χ4v) is 2.21. The van der Waals surface area contributed by atoms with Crippen molar-refractivity contribution in [1.82, 2.24) is 4.98 Å². The molecule has 0 bridgehead atoms. The number of alkyl halides is 3. The number of thiazole rings is 1. The van der Waals surface area contributed by atoms with Crippen LogP contribution in [-0.4, -0.2) is 28.5 Å². The maximum absolute atomic E-state index is 12.6. The molecule has 0 radical (unpaired) electrons. The number of hydrogen-bond acceptors (Lipinski definition) is 4. The molecule has 0 aliphatic rings. The van der Waals surface area contributed by atoms with Gasteiger partial charge in [-0.1, -0.05) is 17.4 Å². The molecule has 104 valence electrons. The molecule has 9 heteroatoms. The molecule has 0 saturated carbocycles. The van der Waals surface area contributed by atoms with E-state index in [-0.39, 0.29) is 11.7 Å². The van der Waals surface area contributed by atoms with Gasteiger partial charge in [0.25, 0.3) is 0 Å². The Labute approximate surface area is 110 Å². The SMILES string of the molecule is C=CCN(C(C)=O)c1nc(C(F)(F)F)c(C(=O)O)s1. The van der Waals surface area contributed by atoms with Crippen molar-refractivity contribution in [3.63, 3.8) is 0 Å². The first-order valence-corrected chi connectivity index (χ1v) is 5.70. The number of rotatable bonds is 4. The van der Waals surface area contributed by atoms with Crippen LogP contribution >= 0.6 is 11.3 Å². The Balaban J connectivity index is 3.35. The molecular weight excluding hydrogens is 285 g/mol. The fraction of sp³-hybridized carbons (Fsp3) is 0.300. The molecule has 0 unspecified atom stereocenters. The number of anilines is 1. The maximum atomic E-state index is 12.6. The van der Waals surface area contributed by atoms with E-state index < -0.39 is 28.6 Å². The second-order valence-corrected chi connectivity index (χ2v) is 4.37. The lowest BCUT2D eigenvalue weighted by molar-refractivity contribution is -0.141. The summed E-state index contributed by atoms with van der Waals surface area (Å²) in [5.74, 6) is -2.29. The third kappa shape index (κ3) is 3.31. The fourth-order valence-electron chi connectivity index (χ4n) is 1.23.